The van der Waals surface area contributed by atoms with Gasteiger partial charge in [-0.2, -0.15) is 0 Å². The van der Waals surface area contributed by atoms with Crippen molar-refractivity contribution in [3.63, 3.8) is 0 Å². The molecule has 1 N–H and O–H groups in total. The number of allylic oxidation sites excluding steroid dienone is 6. The van der Waals surface area contributed by atoms with E-state index in [1.165, 1.54) is 5.57 Å². The first kappa shape index (κ1) is 12.6. The molecule has 0 saturated heterocycles. The fourth-order valence-electron chi connectivity index (χ4n) is 5.41. The van der Waals surface area contributed by atoms with E-state index in [1.807, 2.05) is 0 Å². The van der Waals surface area contributed by atoms with Gasteiger partial charge in [0, 0.05) is 12.3 Å². The van der Waals surface area contributed by atoms with Crippen LogP contribution in [0.15, 0.2) is 36.0 Å². The van der Waals surface area contributed by atoms with Crippen molar-refractivity contribution in [3.8, 4) is 0 Å². The van der Waals surface area contributed by atoms with Crippen LogP contribution in [0.1, 0.15) is 32.1 Å². The summed E-state index contributed by atoms with van der Waals surface area (Å²) in [6.07, 6.45) is 16.0. The molecule has 4 aliphatic carbocycles. The number of aliphatic hydroxyl groups is 1. The summed E-state index contributed by atoms with van der Waals surface area (Å²) < 4.78 is 0. The highest BCUT2D eigenvalue weighted by molar-refractivity contribution is 5.87. The molecule has 2 fully saturated rings. The molecule has 5 atom stereocenters. The Balaban J connectivity index is 1.70. The first-order valence-electron chi connectivity index (χ1n) is 7.95. The summed E-state index contributed by atoms with van der Waals surface area (Å²) in [7, 11) is 0. The maximum Gasteiger partial charge on any atom is 0.141 e. The Morgan fingerprint density at radius 2 is 2.15 bits per heavy atom. The molecule has 0 amide bonds. The number of carbonyl (C=O) groups is 1. The summed E-state index contributed by atoms with van der Waals surface area (Å²) >= 11 is 0. The first-order chi connectivity index (χ1) is 9.76. The second-order valence-electron chi connectivity index (χ2n) is 6.96. The van der Waals surface area contributed by atoms with Gasteiger partial charge in [0.25, 0.3) is 0 Å². The summed E-state index contributed by atoms with van der Waals surface area (Å²) in [5, 5.41) is 9.88. The van der Waals surface area contributed by atoms with E-state index in [-0.39, 0.29) is 12.0 Å². The summed E-state index contributed by atoms with van der Waals surface area (Å²) in [5.74, 6) is 2.55. The van der Waals surface area contributed by atoms with Crippen molar-refractivity contribution in [1.82, 2.24) is 0 Å². The number of carbonyl (C=O) groups excluding carboxylic acids is 1. The molecule has 0 spiro atoms. The monoisotopic (exact) mass is 270 g/mol. The van der Waals surface area contributed by atoms with Crippen molar-refractivity contribution in [3.05, 3.63) is 36.0 Å². The second-order valence-corrected chi connectivity index (χ2v) is 6.96. The molecule has 106 valence electrons. The van der Waals surface area contributed by atoms with Gasteiger partial charge in [-0.05, 0) is 49.0 Å². The van der Waals surface area contributed by atoms with Gasteiger partial charge in [0.1, 0.15) is 5.78 Å². The number of hydrogen-bond acceptors (Lipinski definition) is 2. The van der Waals surface area contributed by atoms with Gasteiger partial charge in [-0.3, -0.25) is 4.79 Å². The van der Waals surface area contributed by atoms with E-state index in [4.69, 9.17) is 0 Å². The summed E-state index contributed by atoms with van der Waals surface area (Å²) in [6.45, 7) is 0.0662. The fraction of sp³-hybridized carbons (Fsp3) is 0.611. The molecule has 0 aromatic carbocycles. The molecule has 0 unspecified atom stereocenters. The Hall–Kier alpha value is -1.15. The van der Waals surface area contributed by atoms with Crippen LogP contribution in [0.4, 0.5) is 0 Å². The van der Waals surface area contributed by atoms with Gasteiger partial charge in [0.2, 0.25) is 0 Å². The third-order valence-corrected chi connectivity index (χ3v) is 6.41. The Labute approximate surface area is 120 Å². The molecule has 0 radical (unpaired) electrons. The van der Waals surface area contributed by atoms with Gasteiger partial charge >= 0.3 is 0 Å². The zero-order valence-corrected chi connectivity index (χ0v) is 11.8. The maximum atomic E-state index is 12.3. The van der Waals surface area contributed by atoms with E-state index >= 15 is 0 Å². The Kier molecular flexibility index (Phi) is 2.78. The van der Waals surface area contributed by atoms with Crippen LogP contribution in [0, 0.1) is 29.1 Å². The molecule has 2 nitrogen and oxygen atoms in total. The number of fused-ring (bicyclic) bond motifs is 5. The summed E-state index contributed by atoms with van der Waals surface area (Å²) in [4.78, 5) is 12.3. The molecule has 0 aromatic heterocycles. The SMILES string of the molecule is O=C1CC[C@H]2[C@@H]3CC=C4C=CC=C[C@@H]4[C@H]3CC[C@]12CO. The first-order valence-corrected chi connectivity index (χ1v) is 7.95. The molecule has 2 saturated carbocycles. The van der Waals surface area contributed by atoms with Crippen LogP contribution in [0.2, 0.25) is 0 Å². The smallest absolute Gasteiger partial charge is 0.141 e. The zero-order valence-electron chi connectivity index (χ0n) is 11.8. The minimum absolute atomic E-state index is 0.0662. The van der Waals surface area contributed by atoms with Crippen molar-refractivity contribution in [2.45, 2.75) is 32.1 Å². The van der Waals surface area contributed by atoms with Gasteiger partial charge in [0.15, 0.2) is 0 Å². The summed E-state index contributed by atoms with van der Waals surface area (Å²) in [5.41, 5.74) is 1.08. The van der Waals surface area contributed by atoms with Crippen LogP contribution >= 0.6 is 0 Å². The van der Waals surface area contributed by atoms with Crippen LogP contribution in [-0.2, 0) is 4.79 Å². The van der Waals surface area contributed by atoms with Gasteiger partial charge in [-0.1, -0.05) is 30.4 Å². The highest BCUT2D eigenvalue weighted by atomic mass is 16.3. The topological polar surface area (TPSA) is 37.3 Å². The van der Waals surface area contributed by atoms with Gasteiger partial charge < -0.3 is 5.11 Å². The molecule has 4 rings (SSSR count). The van der Waals surface area contributed by atoms with Crippen LogP contribution in [-0.4, -0.2) is 17.5 Å². The lowest BCUT2D eigenvalue weighted by Crippen LogP contribution is -2.48. The molecule has 0 heterocycles. The molecule has 0 bridgehead atoms. The molecule has 20 heavy (non-hydrogen) atoms. The fourth-order valence-corrected chi connectivity index (χ4v) is 5.41. The molecular weight excluding hydrogens is 248 g/mol. The van der Waals surface area contributed by atoms with Crippen LogP contribution < -0.4 is 0 Å². The van der Waals surface area contributed by atoms with E-state index in [2.05, 4.69) is 30.4 Å². The number of hydrogen-bond donors (Lipinski definition) is 1. The molecule has 0 aromatic rings. The lowest BCUT2D eigenvalue weighted by Gasteiger charge is -2.50. The Bertz CT molecular complexity index is 528. The molecule has 0 aliphatic heterocycles. The number of aliphatic hydroxyl groups excluding tert-OH is 1. The average molecular weight is 270 g/mol. The largest absolute Gasteiger partial charge is 0.395 e. The van der Waals surface area contributed by atoms with Crippen LogP contribution in [0.3, 0.4) is 0 Å². The van der Waals surface area contributed by atoms with Crippen molar-refractivity contribution >= 4 is 5.78 Å². The number of Topliss-reactive ketones (excluding diaryl/α,β-unsaturated/α-hetero) is 1. The minimum Gasteiger partial charge on any atom is -0.395 e. The van der Waals surface area contributed by atoms with Gasteiger partial charge in [-0.25, -0.2) is 0 Å². The molecule has 4 aliphatic rings. The number of ketones is 1. The maximum absolute atomic E-state index is 12.3. The highest BCUT2D eigenvalue weighted by Gasteiger charge is 2.57. The zero-order chi connectivity index (χ0) is 13.7. The van der Waals surface area contributed by atoms with E-state index in [9.17, 15) is 9.90 Å². The Morgan fingerprint density at radius 3 is 3.00 bits per heavy atom. The van der Waals surface area contributed by atoms with Crippen molar-refractivity contribution < 1.29 is 9.90 Å². The number of rotatable bonds is 1. The normalized spacial score (nSPS) is 45.6. The predicted molar refractivity (Wildman–Crippen MR) is 77.9 cm³/mol. The van der Waals surface area contributed by atoms with Crippen molar-refractivity contribution in [2.24, 2.45) is 29.1 Å². The van der Waals surface area contributed by atoms with Gasteiger partial charge in [0.05, 0.1) is 12.0 Å². The quantitative estimate of drug-likeness (QED) is 0.795. The van der Waals surface area contributed by atoms with Gasteiger partial charge in [-0.15, -0.1) is 0 Å². The van der Waals surface area contributed by atoms with Crippen LogP contribution in [0.25, 0.3) is 0 Å². The molecule has 2 heteroatoms. The lowest BCUT2D eigenvalue weighted by molar-refractivity contribution is -0.135. The standard InChI is InChI=1S/C18H22O2/c19-11-18-10-9-14-13-4-2-1-3-12(13)5-6-15(14)16(18)7-8-17(18)20/h1-5,13-16,19H,6-11H2/t13-,14+,15+,16-,18+/m0/s1. The van der Waals surface area contributed by atoms with Crippen molar-refractivity contribution in [1.29, 1.82) is 0 Å². The van der Waals surface area contributed by atoms with E-state index < -0.39 is 0 Å². The highest BCUT2D eigenvalue weighted by Crippen LogP contribution is 2.59. The predicted octanol–water partition coefficient (Wildman–Crippen LogP) is 3.04. The third kappa shape index (κ3) is 1.52. The summed E-state index contributed by atoms with van der Waals surface area (Å²) in [6, 6.07) is 0. The minimum atomic E-state index is -0.388. The lowest BCUT2D eigenvalue weighted by atomic mass is 9.54. The van der Waals surface area contributed by atoms with E-state index in [0.29, 0.717) is 35.9 Å². The van der Waals surface area contributed by atoms with E-state index in [0.717, 1.165) is 25.7 Å². The second kappa shape index (κ2) is 4.42. The third-order valence-electron chi connectivity index (χ3n) is 6.41. The van der Waals surface area contributed by atoms with Crippen molar-refractivity contribution in [2.75, 3.05) is 6.61 Å². The molecular formula is C18H22O2. The average Bonchev–Trinajstić information content (AvgIpc) is 2.85. The Morgan fingerprint density at radius 1 is 1.25 bits per heavy atom. The van der Waals surface area contributed by atoms with Crippen LogP contribution in [0.5, 0.6) is 0 Å². The van der Waals surface area contributed by atoms with E-state index in [1.54, 1.807) is 0 Å².